The zero-order chi connectivity index (χ0) is 16.5. The van der Waals surface area contributed by atoms with Gasteiger partial charge in [0.05, 0.1) is 23.1 Å². The predicted molar refractivity (Wildman–Crippen MR) is 69.4 cm³/mol. The first-order valence-electron chi connectivity index (χ1n) is 5.51. The van der Waals surface area contributed by atoms with Crippen LogP contribution in [0.3, 0.4) is 0 Å². The minimum absolute atomic E-state index is 0.128. The number of benzene rings is 1. The van der Waals surface area contributed by atoms with E-state index in [9.17, 15) is 31.7 Å². The Hall–Kier alpha value is -2.56. The monoisotopic (exact) mass is 336 g/mol. The third kappa shape index (κ3) is 3.19. The molecule has 11 heteroatoms. The maximum absolute atomic E-state index is 12.4. The zero-order valence-electron chi connectivity index (χ0n) is 10.5. The lowest BCUT2D eigenvalue weighted by Crippen LogP contribution is -2.29. The van der Waals surface area contributed by atoms with E-state index in [1.165, 1.54) is 23.3 Å². The molecule has 0 saturated carbocycles. The van der Waals surface area contributed by atoms with Crippen LogP contribution in [0.2, 0.25) is 0 Å². The molecule has 1 aromatic carbocycles. The molecule has 0 spiro atoms. The van der Waals surface area contributed by atoms with E-state index in [0.29, 0.717) is 11.6 Å². The fraction of sp³-hybridized carbons (Fsp3) is 0.0909. The quantitative estimate of drug-likeness (QED) is 0.682. The number of anilines is 1. The summed E-state index contributed by atoms with van der Waals surface area (Å²) < 4.78 is 65.3. The summed E-state index contributed by atoms with van der Waals surface area (Å²) in [6.45, 7) is 0. The Bertz CT molecular complexity index is 800. The van der Waals surface area contributed by atoms with Crippen LogP contribution in [0.25, 0.3) is 11.1 Å². The fourth-order valence-corrected chi connectivity index (χ4v) is 2.13. The molecule has 1 aromatic heterocycles. The second-order valence-electron chi connectivity index (χ2n) is 4.09. The van der Waals surface area contributed by atoms with Gasteiger partial charge in [-0.1, -0.05) is 0 Å². The molecular weight excluding hydrogens is 329 g/mol. The van der Waals surface area contributed by atoms with Crippen molar-refractivity contribution in [2.24, 2.45) is 0 Å². The maximum atomic E-state index is 12.4. The summed E-state index contributed by atoms with van der Waals surface area (Å²) in [5.41, 5.74) is -6.21. The standard InChI is InChI=1S/C11H7F3N2O5S/c12-11(13,14)22(19,20)15-9-3-8(7-1-2-21-6-7)4-10(5-9)16(17)18/h1-6,15H. The van der Waals surface area contributed by atoms with Gasteiger partial charge in [0.1, 0.15) is 0 Å². The van der Waals surface area contributed by atoms with Gasteiger partial charge in [-0.05, 0) is 17.7 Å². The summed E-state index contributed by atoms with van der Waals surface area (Å²) in [7, 11) is -5.67. The van der Waals surface area contributed by atoms with Crippen LogP contribution in [0.5, 0.6) is 0 Å². The molecule has 2 aromatic rings. The minimum atomic E-state index is -5.67. The second kappa shape index (κ2) is 5.33. The number of hydrogen-bond donors (Lipinski definition) is 1. The highest BCUT2D eigenvalue weighted by atomic mass is 32.2. The van der Waals surface area contributed by atoms with Crippen LogP contribution >= 0.6 is 0 Å². The number of furan rings is 1. The van der Waals surface area contributed by atoms with Gasteiger partial charge in [-0.3, -0.25) is 14.8 Å². The van der Waals surface area contributed by atoms with Gasteiger partial charge in [-0.25, -0.2) is 0 Å². The average Bonchev–Trinajstić information content (AvgIpc) is 2.90. The topological polar surface area (TPSA) is 102 Å². The number of non-ortho nitro benzene ring substituents is 1. The summed E-state index contributed by atoms with van der Waals surface area (Å²) >= 11 is 0. The van der Waals surface area contributed by atoms with Crippen molar-refractivity contribution < 1.29 is 30.9 Å². The van der Waals surface area contributed by atoms with Crippen molar-refractivity contribution in [1.29, 1.82) is 0 Å². The van der Waals surface area contributed by atoms with Crippen LogP contribution in [0.4, 0.5) is 24.5 Å². The SMILES string of the molecule is O=[N+]([O-])c1cc(NS(=O)(=O)C(F)(F)F)cc(-c2ccoc2)c1. The first-order chi connectivity index (χ1) is 10.1. The Labute approximate surface area is 121 Å². The van der Waals surface area contributed by atoms with Crippen LogP contribution in [0.15, 0.2) is 41.2 Å². The van der Waals surface area contributed by atoms with Crippen molar-refractivity contribution in [2.75, 3.05) is 4.72 Å². The summed E-state index contributed by atoms with van der Waals surface area (Å²) in [5.74, 6) is 0. The lowest BCUT2D eigenvalue weighted by Gasteiger charge is -2.11. The second-order valence-corrected chi connectivity index (χ2v) is 5.76. The molecular formula is C11H7F3N2O5S. The van der Waals surface area contributed by atoms with Crippen LogP contribution in [-0.4, -0.2) is 18.8 Å². The summed E-state index contributed by atoms with van der Waals surface area (Å²) in [4.78, 5) is 9.97. The van der Waals surface area contributed by atoms with Crippen molar-refractivity contribution in [2.45, 2.75) is 5.51 Å². The first-order valence-corrected chi connectivity index (χ1v) is 6.99. The van der Waals surface area contributed by atoms with Crippen LogP contribution in [0.1, 0.15) is 0 Å². The Balaban J connectivity index is 2.51. The van der Waals surface area contributed by atoms with Gasteiger partial charge in [0, 0.05) is 17.7 Å². The number of nitrogens with one attached hydrogen (secondary N) is 1. The van der Waals surface area contributed by atoms with E-state index in [1.54, 1.807) is 0 Å². The van der Waals surface area contributed by atoms with E-state index in [2.05, 4.69) is 0 Å². The Morgan fingerprint density at radius 3 is 2.36 bits per heavy atom. The smallest absolute Gasteiger partial charge is 0.472 e. The van der Waals surface area contributed by atoms with Crippen molar-refractivity contribution in [3.8, 4) is 11.1 Å². The molecule has 0 saturated heterocycles. The number of halogens is 3. The van der Waals surface area contributed by atoms with Gasteiger partial charge in [0.2, 0.25) is 0 Å². The summed E-state index contributed by atoms with van der Waals surface area (Å²) in [6, 6.07) is 4.21. The molecule has 22 heavy (non-hydrogen) atoms. The summed E-state index contributed by atoms with van der Waals surface area (Å²) in [5, 5.41) is 10.8. The predicted octanol–water partition coefficient (Wildman–Crippen LogP) is 3.12. The third-order valence-corrected chi connectivity index (χ3v) is 3.65. The molecule has 0 bridgehead atoms. The molecule has 1 N–H and O–H groups in total. The molecule has 1 heterocycles. The molecule has 0 fully saturated rings. The minimum Gasteiger partial charge on any atom is -0.472 e. The zero-order valence-corrected chi connectivity index (χ0v) is 11.3. The molecule has 0 amide bonds. The van der Waals surface area contributed by atoms with Crippen LogP contribution < -0.4 is 4.72 Å². The van der Waals surface area contributed by atoms with E-state index in [1.807, 2.05) is 0 Å². The molecule has 7 nitrogen and oxygen atoms in total. The number of nitro benzene ring substituents is 1. The van der Waals surface area contributed by atoms with Gasteiger partial charge in [0.15, 0.2) is 0 Å². The lowest BCUT2D eigenvalue weighted by atomic mass is 10.1. The molecule has 0 aliphatic rings. The van der Waals surface area contributed by atoms with Gasteiger partial charge in [-0.2, -0.15) is 21.6 Å². The number of nitro groups is 1. The fourth-order valence-electron chi connectivity index (χ4n) is 1.58. The van der Waals surface area contributed by atoms with Crippen molar-refractivity contribution in [1.82, 2.24) is 0 Å². The van der Waals surface area contributed by atoms with E-state index in [-0.39, 0.29) is 5.56 Å². The number of rotatable bonds is 4. The van der Waals surface area contributed by atoms with Gasteiger partial charge < -0.3 is 4.42 Å². The molecule has 0 unspecified atom stereocenters. The van der Waals surface area contributed by atoms with Crippen molar-refractivity contribution in [3.05, 3.63) is 46.9 Å². The van der Waals surface area contributed by atoms with Crippen molar-refractivity contribution >= 4 is 21.4 Å². The molecule has 118 valence electrons. The van der Waals surface area contributed by atoms with E-state index in [0.717, 1.165) is 12.1 Å². The maximum Gasteiger partial charge on any atom is 0.516 e. The normalized spacial score (nSPS) is 12.1. The molecule has 2 rings (SSSR count). The molecule has 0 aliphatic heterocycles. The molecule has 0 atom stereocenters. The van der Waals surface area contributed by atoms with Gasteiger partial charge >= 0.3 is 15.5 Å². The number of sulfonamides is 1. The summed E-state index contributed by atoms with van der Waals surface area (Å²) in [6.07, 6.45) is 2.47. The highest BCUT2D eigenvalue weighted by molar-refractivity contribution is 7.93. The highest BCUT2D eigenvalue weighted by Gasteiger charge is 2.46. The third-order valence-electron chi connectivity index (χ3n) is 2.54. The van der Waals surface area contributed by atoms with Gasteiger partial charge in [0.25, 0.3) is 5.69 Å². The highest BCUT2D eigenvalue weighted by Crippen LogP contribution is 2.31. The number of hydrogen-bond acceptors (Lipinski definition) is 5. The lowest BCUT2D eigenvalue weighted by molar-refractivity contribution is -0.384. The Kier molecular flexibility index (Phi) is 3.83. The first kappa shape index (κ1) is 15.8. The molecule has 0 radical (unpaired) electrons. The Morgan fingerprint density at radius 1 is 1.18 bits per heavy atom. The largest absolute Gasteiger partial charge is 0.516 e. The Morgan fingerprint density at radius 2 is 1.86 bits per heavy atom. The molecule has 0 aliphatic carbocycles. The number of nitrogens with zero attached hydrogens (tertiary/aromatic N) is 1. The van der Waals surface area contributed by atoms with E-state index in [4.69, 9.17) is 4.42 Å². The van der Waals surface area contributed by atoms with Gasteiger partial charge in [-0.15, -0.1) is 0 Å². The average molecular weight is 336 g/mol. The number of alkyl halides is 3. The van der Waals surface area contributed by atoms with Crippen molar-refractivity contribution in [3.63, 3.8) is 0 Å². The van der Waals surface area contributed by atoms with Crippen LogP contribution in [-0.2, 0) is 10.0 Å². The van der Waals surface area contributed by atoms with E-state index >= 15 is 0 Å². The van der Waals surface area contributed by atoms with Crippen LogP contribution in [0, 0.1) is 10.1 Å². The van der Waals surface area contributed by atoms with E-state index < -0.39 is 31.8 Å².